The zero-order valence-corrected chi connectivity index (χ0v) is 33.7. The summed E-state index contributed by atoms with van der Waals surface area (Å²) in [6, 6.07) is 4.78. The van der Waals surface area contributed by atoms with Gasteiger partial charge < -0.3 is 56.6 Å². The van der Waals surface area contributed by atoms with E-state index in [1.54, 1.807) is 24.5 Å². The quantitative estimate of drug-likeness (QED) is 0.0857. The Labute approximate surface area is 347 Å². The first-order valence-electron chi connectivity index (χ1n) is 18.9. The maximum atomic E-state index is 14.0. The molecule has 3 aromatic rings. The number of carbonyl (C=O) groups is 5. The molecule has 0 aliphatic carbocycles. The zero-order chi connectivity index (χ0) is 43.7. The molecule has 60 heavy (non-hydrogen) atoms. The SMILES string of the molecule is CSCC[C@H](NC(=O)N[C@@H](Cc1ccc(O)cc1)C(=O)O)C(=O)N[C@H](C(=O)N/C=C1/C[C@@H](O)[C@H](n2ccc(=O)[nH]c2=O)O1)[C@H](C)N(C)C(=O)[C@@H]1Cc2cc(O)ccc2CN1. The number of carbonyl (C=O) groups excluding carboxylic acids is 4. The summed E-state index contributed by atoms with van der Waals surface area (Å²) in [6.07, 6.45) is 1.60. The summed E-state index contributed by atoms with van der Waals surface area (Å²) >= 11 is 1.37. The molecule has 0 unspecified atom stereocenters. The van der Waals surface area contributed by atoms with Crippen molar-refractivity contribution in [1.82, 2.24) is 41.0 Å². The number of aromatic hydroxyl groups is 2. The Kier molecular flexibility index (Phi) is 15.0. The maximum absolute atomic E-state index is 14.0. The number of aromatic amines is 1. The number of aromatic nitrogens is 2. The number of likely N-dealkylation sites (N-methyl/N-ethyl adjacent to an activating group) is 1. The van der Waals surface area contributed by atoms with Gasteiger partial charge in [-0.15, -0.1) is 0 Å². The molecule has 20 nitrogen and oxygen atoms in total. The van der Waals surface area contributed by atoms with Crippen LogP contribution in [0.1, 0.15) is 42.7 Å². The number of urea groups is 1. The zero-order valence-electron chi connectivity index (χ0n) is 32.9. The molecule has 1 fully saturated rings. The number of H-pyrrole nitrogens is 1. The molecule has 21 heteroatoms. The smallest absolute Gasteiger partial charge is 0.331 e. The van der Waals surface area contributed by atoms with Gasteiger partial charge in [-0.25, -0.2) is 14.4 Å². The van der Waals surface area contributed by atoms with E-state index in [1.165, 1.54) is 54.9 Å². The van der Waals surface area contributed by atoms with Crippen molar-refractivity contribution in [2.75, 3.05) is 19.1 Å². The highest BCUT2D eigenvalue weighted by molar-refractivity contribution is 7.98. The molecule has 322 valence electrons. The molecule has 0 radical (unpaired) electrons. The van der Waals surface area contributed by atoms with E-state index in [9.17, 15) is 54.0 Å². The molecule has 1 aromatic heterocycles. The van der Waals surface area contributed by atoms with E-state index in [2.05, 4.69) is 31.6 Å². The molecule has 10 N–H and O–H groups in total. The van der Waals surface area contributed by atoms with Crippen LogP contribution in [-0.4, -0.2) is 120 Å². The number of amides is 5. The normalized spacial score (nSPS) is 19.7. The van der Waals surface area contributed by atoms with Gasteiger partial charge in [-0.2, -0.15) is 11.8 Å². The van der Waals surface area contributed by atoms with Crippen molar-refractivity contribution in [3.05, 3.63) is 104 Å². The van der Waals surface area contributed by atoms with Gasteiger partial charge in [0.1, 0.15) is 41.5 Å². The Balaban J connectivity index is 1.35. The molecule has 0 bridgehead atoms. The van der Waals surface area contributed by atoms with Crippen LogP contribution in [0.4, 0.5) is 4.79 Å². The van der Waals surface area contributed by atoms with Gasteiger partial charge in [0.05, 0.1) is 12.1 Å². The number of ether oxygens (including phenoxy) is 1. The monoisotopic (exact) mass is 852 g/mol. The predicted octanol–water partition coefficient (Wildman–Crippen LogP) is -0.652. The van der Waals surface area contributed by atoms with E-state index in [0.717, 1.165) is 34.2 Å². The van der Waals surface area contributed by atoms with Gasteiger partial charge in [0, 0.05) is 44.9 Å². The minimum Gasteiger partial charge on any atom is -0.508 e. The van der Waals surface area contributed by atoms with E-state index in [-0.39, 0.29) is 42.9 Å². The molecule has 5 rings (SSSR count). The number of fused-ring (bicyclic) bond motifs is 1. The first-order chi connectivity index (χ1) is 28.5. The van der Waals surface area contributed by atoms with Gasteiger partial charge in [0.15, 0.2) is 0 Å². The molecule has 2 aliphatic heterocycles. The Morgan fingerprint density at radius 2 is 1.67 bits per heavy atom. The van der Waals surface area contributed by atoms with Crippen LogP contribution in [0.15, 0.2) is 76.3 Å². The molecule has 0 spiro atoms. The van der Waals surface area contributed by atoms with Crippen molar-refractivity contribution in [2.45, 2.75) is 81.7 Å². The number of thioether (sulfide) groups is 1. The van der Waals surface area contributed by atoms with E-state index in [1.807, 2.05) is 0 Å². The second kappa shape index (κ2) is 20.1. The summed E-state index contributed by atoms with van der Waals surface area (Å²) in [7, 11) is 1.46. The van der Waals surface area contributed by atoms with Gasteiger partial charge in [0.2, 0.25) is 23.9 Å². The fourth-order valence-corrected chi connectivity index (χ4v) is 7.20. The first kappa shape index (κ1) is 44.8. The van der Waals surface area contributed by atoms with Crippen molar-refractivity contribution in [3.63, 3.8) is 0 Å². The van der Waals surface area contributed by atoms with Crippen LogP contribution < -0.4 is 37.8 Å². The molecule has 7 atom stereocenters. The summed E-state index contributed by atoms with van der Waals surface area (Å²) in [6.45, 7) is 1.87. The molecular weight excluding hydrogens is 805 g/mol. The lowest BCUT2D eigenvalue weighted by molar-refractivity contribution is -0.139. The fraction of sp³-hybridized carbons (Fsp3) is 0.410. The number of carboxylic acids is 1. The summed E-state index contributed by atoms with van der Waals surface area (Å²) in [5, 5.41) is 53.4. The minimum atomic E-state index is -1.48. The van der Waals surface area contributed by atoms with Crippen molar-refractivity contribution < 1.29 is 49.1 Å². The number of carboxylic acid groups (broad SMARTS) is 1. The number of aliphatic hydroxyl groups is 1. The lowest BCUT2D eigenvalue weighted by Gasteiger charge is -2.36. The minimum absolute atomic E-state index is 0.0231. The molecule has 2 aliphatic rings. The molecular formula is C39H48N8O12S. The average Bonchev–Trinajstić information content (AvgIpc) is 3.59. The Morgan fingerprint density at radius 3 is 2.35 bits per heavy atom. The highest BCUT2D eigenvalue weighted by Gasteiger charge is 2.38. The van der Waals surface area contributed by atoms with Crippen molar-refractivity contribution >= 4 is 41.5 Å². The lowest BCUT2D eigenvalue weighted by atomic mass is 9.94. The van der Waals surface area contributed by atoms with Gasteiger partial charge in [0.25, 0.3) is 5.56 Å². The Hall–Kier alpha value is -6.32. The van der Waals surface area contributed by atoms with Crippen LogP contribution in [-0.2, 0) is 43.3 Å². The van der Waals surface area contributed by atoms with Gasteiger partial charge in [-0.3, -0.25) is 28.7 Å². The van der Waals surface area contributed by atoms with Crippen LogP contribution in [0, 0.1) is 0 Å². The summed E-state index contributed by atoms with van der Waals surface area (Å²) in [4.78, 5) is 94.5. The number of hydrogen-bond donors (Lipinski definition) is 10. The van der Waals surface area contributed by atoms with E-state index in [0.29, 0.717) is 17.9 Å². The third-order valence-corrected chi connectivity index (χ3v) is 10.8. The predicted molar refractivity (Wildman–Crippen MR) is 217 cm³/mol. The van der Waals surface area contributed by atoms with Crippen molar-refractivity contribution in [2.24, 2.45) is 0 Å². The van der Waals surface area contributed by atoms with Gasteiger partial charge in [-0.05, 0) is 72.7 Å². The van der Waals surface area contributed by atoms with E-state index in [4.69, 9.17) is 4.74 Å². The third kappa shape index (κ3) is 11.4. The second-order valence-corrected chi connectivity index (χ2v) is 15.4. The topological polar surface area (TPSA) is 294 Å². The summed E-state index contributed by atoms with van der Waals surface area (Å²) in [5.74, 6) is -2.99. The number of rotatable bonds is 16. The Morgan fingerprint density at radius 1 is 0.967 bits per heavy atom. The molecule has 3 heterocycles. The number of aliphatic hydroxyl groups excluding tert-OH is 1. The number of nitrogens with zero attached hydrogens (tertiary/aromatic N) is 2. The van der Waals surface area contributed by atoms with Gasteiger partial charge in [-0.1, -0.05) is 18.2 Å². The molecule has 5 amide bonds. The van der Waals surface area contributed by atoms with E-state index >= 15 is 0 Å². The number of phenols is 2. The summed E-state index contributed by atoms with van der Waals surface area (Å²) < 4.78 is 6.70. The van der Waals surface area contributed by atoms with E-state index < -0.39 is 83.5 Å². The molecule has 1 saturated heterocycles. The molecule has 2 aromatic carbocycles. The Bertz CT molecular complexity index is 2210. The number of aliphatic carboxylic acids is 1. The number of hydrogen-bond acceptors (Lipinski definition) is 13. The maximum Gasteiger partial charge on any atom is 0.331 e. The van der Waals surface area contributed by atoms with Crippen LogP contribution in [0.2, 0.25) is 0 Å². The standard InChI is InChI=1S/C39H48N8O12S/c1-20(46(2)35(54)28-16-23-15-25(49)9-6-22(23)18-40-28)32(34(53)41-19-26-17-30(50)36(59-26)47-12-10-31(51)44-39(47)58)45-33(52)27(11-13-60-3)42-38(57)43-29(37(55)56)14-21-4-7-24(48)8-5-21/h4-10,12,15,19-20,27-30,32,36,40,48-50H,11,13-14,16-18H2,1-3H3,(H,41,53)(H,45,52)(H,55,56)(H2,42,43,57)(H,44,51,58)/b26-19-/t20-,27-,28-,29-,30+,32-,36+/m0/s1. The fourth-order valence-electron chi connectivity index (χ4n) is 6.73. The van der Waals surface area contributed by atoms with Crippen molar-refractivity contribution in [1.29, 1.82) is 0 Å². The van der Waals surface area contributed by atoms with Crippen LogP contribution >= 0.6 is 11.8 Å². The summed E-state index contributed by atoms with van der Waals surface area (Å²) in [5.41, 5.74) is 0.695. The third-order valence-electron chi connectivity index (χ3n) is 10.2. The highest BCUT2D eigenvalue weighted by atomic mass is 32.2. The highest BCUT2D eigenvalue weighted by Crippen LogP contribution is 2.30. The lowest BCUT2D eigenvalue weighted by Crippen LogP contribution is -2.62. The van der Waals surface area contributed by atoms with Crippen LogP contribution in [0.5, 0.6) is 11.5 Å². The average molecular weight is 853 g/mol. The first-order valence-corrected chi connectivity index (χ1v) is 20.3. The number of nitrogens with one attached hydrogen (secondary N) is 6. The number of benzene rings is 2. The largest absolute Gasteiger partial charge is 0.508 e. The van der Waals surface area contributed by atoms with Gasteiger partial charge >= 0.3 is 17.7 Å². The van der Waals surface area contributed by atoms with Crippen LogP contribution in [0.3, 0.4) is 0 Å². The van der Waals surface area contributed by atoms with Crippen LogP contribution in [0.25, 0.3) is 0 Å². The number of phenolic OH excluding ortho intramolecular Hbond substituents is 2. The second-order valence-electron chi connectivity index (χ2n) is 14.4. The molecule has 0 saturated carbocycles. The van der Waals surface area contributed by atoms with Crippen molar-refractivity contribution in [3.8, 4) is 11.5 Å².